The zero-order valence-electron chi connectivity index (χ0n) is 8.45. The molecule has 16 heavy (non-hydrogen) atoms. The number of methoxy groups -OCH3 is 1. The number of halogens is 2. The van der Waals surface area contributed by atoms with Crippen LogP contribution in [-0.2, 0) is 0 Å². The molecule has 2 heterocycles. The SMILES string of the molecule is COc1ccc(-c2cncc(Br)c2)nc1Br. The van der Waals surface area contributed by atoms with Crippen molar-refractivity contribution in [3.63, 3.8) is 0 Å². The summed E-state index contributed by atoms with van der Waals surface area (Å²) in [7, 11) is 1.61. The Morgan fingerprint density at radius 3 is 2.62 bits per heavy atom. The molecule has 0 radical (unpaired) electrons. The second-order valence-electron chi connectivity index (χ2n) is 3.08. The molecule has 2 aromatic rings. The summed E-state index contributed by atoms with van der Waals surface area (Å²) in [5.74, 6) is 0.715. The molecule has 0 spiro atoms. The van der Waals surface area contributed by atoms with Crippen LogP contribution in [0, 0.1) is 0 Å². The number of pyridine rings is 2. The molecule has 2 aromatic heterocycles. The van der Waals surface area contributed by atoms with E-state index in [1.807, 2.05) is 18.2 Å². The molecular weight excluding hydrogens is 336 g/mol. The van der Waals surface area contributed by atoms with Gasteiger partial charge in [0.2, 0.25) is 0 Å². The van der Waals surface area contributed by atoms with Gasteiger partial charge in [-0.05, 0) is 50.1 Å². The van der Waals surface area contributed by atoms with E-state index in [9.17, 15) is 0 Å². The summed E-state index contributed by atoms with van der Waals surface area (Å²) >= 11 is 6.73. The summed E-state index contributed by atoms with van der Waals surface area (Å²) in [6, 6.07) is 5.73. The first kappa shape index (κ1) is 11.5. The van der Waals surface area contributed by atoms with Gasteiger partial charge < -0.3 is 4.74 Å². The average molecular weight is 344 g/mol. The van der Waals surface area contributed by atoms with Crippen molar-refractivity contribution in [1.82, 2.24) is 9.97 Å². The standard InChI is InChI=1S/C11H8Br2N2O/c1-16-10-3-2-9(15-11(10)13)7-4-8(12)6-14-5-7/h2-6H,1H3. The van der Waals surface area contributed by atoms with Gasteiger partial charge in [0.05, 0.1) is 12.8 Å². The van der Waals surface area contributed by atoms with E-state index in [0.29, 0.717) is 10.4 Å². The normalized spacial score (nSPS) is 10.2. The van der Waals surface area contributed by atoms with E-state index in [1.165, 1.54) is 0 Å². The average Bonchev–Trinajstić information content (AvgIpc) is 2.29. The first-order valence-corrected chi connectivity index (χ1v) is 6.11. The van der Waals surface area contributed by atoms with Crippen LogP contribution >= 0.6 is 31.9 Å². The molecule has 0 unspecified atom stereocenters. The predicted molar refractivity (Wildman–Crippen MR) is 69.4 cm³/mol. The van der Waals surface area contributed by atoms with Crippen LogP contribution < -0.4 is 4.74 Å². The fraction of sp³-hybridized carbons (Fsp3) is 0.0909. The van der Waals surface area contributed by atoms with Crippen molar-refractivity contribution in [2.24, 2.45) is 0 Å². The Kier molecular flexibility index (Phi) is 3.56. The molecular formula is C11H8Br2N2O. The minimum Gasteiger partial charge on any atom is -0.494 e. The van der Waals surface area contributed by atoms with Gasteiger partial charge >= 0.3 is 0 Å². The highest BCUT2D eigenvalue weighted by molar-refractivity contribution is 9.10. The molecule has 3 nitrogen and oxygen atoms in total. The lowest BCUT2D eigenvalue weighted by Crippen LogP contribution is -1.90. The molecule has 0 saturated carbocycles. The minimum absolute atomic E-state index is 0.687. The van der Waals surface area contributed by atoms with Crippen LogP contribution in [0.2, 0.25) is 0 Å². The zero-order valence-corrected chi connectivity index (χ0v) is 11.6. The quantitative estimate of drug-likeness (QED) is 0.780. The molecule has 0 N–H and O–H groups in total. The van der Waals surface area contributed by atoms with E-state index in [2.05, 4.69) is 41.8 Å². The highest BCUT2D eigenvalue weighted by atomic mass is 79.9. The van der Waals surface area contributed by atoms with E-state index < -0.39 is 0 Å². The fourth-order valence-corrected chi connectivity index (χ4v) is 2.14. The maximum Gasteiger partial charge on any atom is 0.151 e. The van der Waals surface area contributed by atoms with Gasteiger partial charge in [0.15, 0.2) is 5.75 Å². The van der Waals surface area contributed by atoms with Crippen molar-refractivity contribution in [3.05, 3.63) is 39.7 Å². The summed E-state index contributed by atoms with van der Waals surface area (Å²) < 4.78 is 6.74. The molecule has 0 amide bonds. The third kappa shape index (κ3) is 2.41. The summed E-state index contributed by atoms with van der Waals surface area (Å²) in [6.07, 6.45) is 3.51. The Bertz CT molecular complexity index is 517. The molecule has 0 aliphatic heterocycles. The van der Waals surface area contributed by atoms with Gasteiger partial charge in [-0.15, -0.1) is 0 Å². The second-order valence-corrected chi connectivity index (χ2v) is 4.75. The number of hydrogen-bond acceptors (Lipinski definition) is 3. The topological polar surface area (TPSA) is 35.0 Å². The smallest absolute Gasteiger partial charge is 0.151 e. The van der Waals surface area contributed by atoms with Crippen molar-refractivity contribution in [3.8, 4) is 17.0 Å². The van der Waals surface area contributed by atoms with Gasteiger partial charge in [-0.25, -0.2) is 4.98 Å². The number of rotatable bonds is 2. The van der Waals surface area contributed by atoms with Crippen LogP contribution in [0.25, 0.3) is 11.3 Å². The Hall–Kier alpha value is -0.940. The third-order valence-corrected chi connectivity index (χ3v) is 3.04. The third-order valence-electron chi connectivity index (χ3n) is 2.04. The second kappa shape index (κ2) is 4.93. The number of nitrogens with zero attached hydrogens (tertiary/aromatic N) is 2. The van der Waals surface area contributed by atoms with Crippen LogP contribution in [0.3, 0.4) is 0 Å². The summed E-state index contributed by atoms with van der Waals surface area (Å²) in [6.45, 7) is 0. The molecule has 0 atom stereocenters. The number of aromatic nitrogens is 2. The van der Waals surface area contributed by atoms with Crippen LogP contribution in [0.5, 0.6) is 5.75 Å². The number of ether oxygens (including phenoxy) is 1. The molecule has 0 fully saturated rings. The van der Waals surface area contributed by atoms with Crippen molar-refractivity contribution in [2.75, 3.05) is 7.11 Å². The van der Waals surface area contributed by atoms with Gasteiger partial charge in [-0.1, -0.05) is 0 Å². The first-order valence-electron chi connectivity index (χ1n) is 4.52. The predicted octanol–water partition coefficient (Wildman–Crippen LogP) is 3.68. The Balaban J connectivity index is 2.45. The van der Waals surface area contributed by atoms with Gasteiger partial charge in [0.1, 0.15) is 4.60 Å². The van der Waals surface area contributed by atoms with E-state index >= 15 is 0 Å². The highest BCUT2D eigenvalue weighted by Crippen LogP contribution is 2.27. The monoisotopic (exact) mass is 342 g/mol. The molecule has 5 heteroatoms. The van der Waals surface area contributed by atoms with Crippen LogP contribution in [0.15, 0.2) is 39.7 Å². The lowest BCUT2D eigenvalue weighted by molar-refractivity contribution is 0.410. The lowest BCUT2D eigenvalue weighted by atomic mass is 10.2. The maximum absolute atomic E-state index is 5.13. The lowest BCUT2D eigenvalue weighted by Gasteiger charge is -2.05. The van der Waals surface area contributed by atoms with Crippen molar-refractivity contribution < 1.29 is 4.74 Å². The molecule has 0 saturated heterocycles. The van der Waals surface area contributed by atoms with E-state index in [0.717, 1.165) is 15.7 Å². The maximum atomic E-state index is 5.13. The summed E-state index contributed by atoms with van der Waals surface area (Å²) in [5.41, 5.74) is 1.80. The van der Waals surface area contributed by atoms with E-state index in [4.69, 9.17) is 4.74 Å². The summed E-state index contributed by atoms with van der Waals surface area (Å²) in [5, 5.41) is 0. The Labute approximate surface area is 110 Å². The Morgan fingerprint density at radius 1 is 1.19 bits per heavy atom. The fourth-order valence-electron chi connectivity index (χ4n) is 1.29. The van der Waals surface area contributed by atoms with Gasteiger partial charge in [-0.3, -0.25) is 4.98 Å². The number of hydrogen-bond donors (Lipinski definition) is 0. The minimum atomic E-state index is 0.687. The van der Waals surface area contributed by atoms with Crippen LogP contribution in [0.1, 0.15) is 0 Å². The first-order chi connectivity index (χ1) is 7.70. The van der Waals surface area contributed by atoms with Crippen LogP contribution in [-0.4, -0.2) is 17.1 Å². The van der Waals surface area contributed by atoms with Gasteiger partial charge in [0.25, 0.3) is 0 Å². The van der Waals surface area contributed by atoms with E-state index in [-0.39, 0.29) is 0 Å². The summed E-state index contributed by atoms with van der Waals surface area (Å²) in [4.78, 5) is 8.49. The van der Waals surface area contributed by atoms with Crippen molar-refractivity contribution >= 4 is 31.9 Å². The largest absolute Gasteiger partial charge is 0.494 e. The van der Waals surface area contributed by atoms with Gasteiger partial charge in [0, 0.05) is 22.4 Å². The van der Waals surface area contributed by atoms with E-state index in [1.54, 1.807) is 19.5 Å². The van der Waals surface area contributed by atoms with Crippen LogP contribution in [0.4, 0.5) is 0 Å². The van der Waals surface area contributed by atoms with Crippen molar-refractivity contribution in [2.45, 2.75) is 0 Å². The molecule has 2 rings (SSSR count). The highest BCUT2D eigenvalue weighted by Gasteiger charge is 2.05. The van der Waals surface area contributed by atoms with Crippen molar-refractivity contribution in [1.29, 1.82) is 0 Å². The molecule has 0 aliphatic carbocycles. The van der Waals surface area contributed by atoms with Gasteiger partial charge in [-0.2, -0.15) is 0 Å². The molecule has 82 valence electrons. The molecule has 0 aromatic carbocycles. The zero-order chi connectivity index (χ0) is 11.5. The Morgan fingerprint density at radius 2 is 2.00 bits per heavy atom. The molecule has 0 bridgehead atoms. The molecule has 0 aliphatic rings.